The molecule has 1 aliphatic carbocycles. The molecule has 2 saturated heterocycles. The third kappa shape index (κ3) is 1.80. The summed E-state index contributed by atoms with van der Waals surface area (Å²) < 4.78 is 0. The molecule has 0 bridgehead atoms. The van der Waals surface area contributed by atoms with E-state index in [1.807, 2.05) is 6.07 Å². The number of nitrogens with one attached hydrogen (secondary N) is 1. The summed E-state index contributed by atoms with van der Waals surface area (Å²) in [6.45, 7) is 7.56. The van der Waals surface area contributed by atoms with Gasteiger partial charge in [0.15, 0.2) is 0 Å². The van der Waals surface area contributed by atoms with Crippen molar-refractivity contribution in [2.75, 3.05) is 19.6 Å². The molecule has 0 spiro atoms. The average Bonchev–Trinajstić information content (AvgIpc) is 3.08. The lowest BCUT2D eigenvalue weighted by Gasteiger charge is -2.38. The van der Waals surface area contributed by atoms with Crippen molar-refractivity contribution < 1.29 is 4.79 Å². The summed E-state index contributed by atoms with van der Waals surface area (Å²) in [4.78, 5) is 15.5. The smallest absolute Gasteiger partial charge is 0.233 e. The number of hydrogen-bond acceptors (Lipinski definition) is 2. The highest BCUT2D eigenvalue weighted by atomic mass is 16.2. The number of fused-ring (bicyclic) bond motifs is 1. The Kier molecular flexibility index (Phi) is 2.74. The van der Waals surface area contributed by atoms with Gasteiger partial charge in [0.2, 0.25) is 5.91 Å². The highest BCUT2D eigenvalue weighted by Crippen LogP contribution is 2.52. The minimum Gasteiger partial charge on any atom is -0.336 e. The molecule has 1 aromatic rings. The lowest BCUT2D eigenvalue weighted by molar-refractivity contribution is -0.138. The van der Waals surface area contributed by atoms with Gasteiger partial charge in [-0.2, -0.15) is 0 Å². The van der Waals surface area contributed by atoms with Gasteiger partial charge in [0.1, 0.15) is 0 Å². The zero-order chi connectivity index (χ0) is 14.7. The number of carbonyl (C=O) groups is 1. The summed E-state index contributed by atoms with van der Waals surface area (Å²) in [7, 11) is 0. The third-order valence-corrected chi connectivity index (χ3v) is 6.09. The second-order valence-electron chi connectivity index (χ2n) is 7.54. The first-order chi connectivity index (χ1) is 10.1. The number of nitrogens with zero attached hydrogens (tertiary/aromatic N) is 1. The molecule has 2 atom stereocenters. The van der Waals surface area contributed by atoms with Gasteiger partial charge in [-0.05, 0) is 44.1 Å². The number of rotatable bonds is 2. The van der Waals surface area contributed by atoms with Crippen molar-refractivity contribution in [1.82, 2.24) is 10.2 Å². The Bertz CT molecular complexity index is 562. The van der Waals surface area contributed by atoms with E-state index < -0.39 is 0 Å². The van der Waals surface area contributed by atoms with Crippen LogP contribution in [-0.2, 0) is 10.2 Å². The van der Waals surface area contributed by atoms with Crippen LogP contribution in [0.4, 0.5) is 0 Å². The molecule has 3 heteroatoms. The Labute approximate surface area is 126 Å². The monoisotopic (exact) mass is 284 g/mol. The minimum atomic E-state index is -0.218. The zero-order valence-electron chi connectivity index (χ0n) is 12.9. The van der Waals surface area contributed by atoms with Gasteiger partial charge in [-0.15, -0.1) is 0 Å². The highest BCUT2D eigenvalue weighted by Gasteiger charge is 2.59. The molecule has 0 aromatic heterocycles. The second kappa shape index (κ2) is 4.33. The number of carbonyl (C=O) groups excluding carboxylic acids is 1. The lowest BCUT2D eigenvalue weighted by Crippen LogP contribution is -2.51. The molecule has 1 amide bonds. The van der Waals surface area contributed by atoms with Crippen LogP contribution in [0.3, 0.4) is 0 Å². The van der Waals surface area contributed by atoms with Crippen LogP contribution < -0.4 is 5.32 Å². The molecule has 112 valence electrons. The molecule has 4 rings (SSSR count). The van der Waals surface area contributed by atoms with Crippen LogP contribution in [0.2, 0.25) is 0 Å². The Morgan fingerprint density at radius 1 is 1.19 bits per heavy atom. The SMILES string of the molecule is CC1(C)C2CNCC2CN1C(=O)C1(c2ccccc2)CC1. The van der Waals surface area contributed by atoms with Crippen molar-refractivity contribution in [1.29, 1.82) is 0 Å². The maximum Gasteiger partial charge on any atom is 0.233 e. The van der Waals surface area contributed by atoms with Gasteiger partial charge in [0.25, 0.3) is 0 Å². The van der Waals surface area contributed by atoms with Crippen molar-refractivity contribution in [3.63, 3.8) is 0 Å². The Morgan fingerprint density at radius 3 is 2.52 bits per heavy atom. The molecule has 3 nitrogen and oxygen atoms in total. The van der Waals surface area contributed by atoms with Crippen LogP contribution in [0.25, 0.3) is 0 Å². The van der Waals surface area contributed by atoms with E-state index in [1.54, 1.807) is 0 Å². The van der Waals surface area contributed by atoms with E-state index in [0.717, 1.165) is 32.5 Å². The van der Waals surface area contributed by atoms with Gasteiger partial charge in [0.05, 0.1) is 5.41 Å². The van der Waals surface area contributed by atoms with Crippen molar-refractivity contribution in [3.8, 4) is 0 Å². The summed E-state index contributed by atoms with van der Waals surface area (Å²) in [6.07, 6.45) is 2.02. The first-order valence-corrected chi connectivity index (χ1v) is 8.14. The molecule has 0 radical (unpaired) electrons. The van der Waals surface area contributed by atoms with Crippen molar-refractivity contribution in [2.45, 2.75) is 37.6 Å². The normalized spacial score (nSPS) is 32.0. The van der Waals surface area contributed by atoms with Crippen LogP contribution in [0.5, 0.6) is 0 Å². The second-order valence-corrected chi connectivity index (χ2v) is 7.54. The fourth-order valence-corrected chi connectivity index (χ4v) is 4.53. The summed E-state index contributed by atoms with van der Waals surface area (Å²) >= 11 is 0. The Morgan fingerprint density at radius 2 is 1.90 bits per heavy atom. The van der Waals surface area contributed by atoms with E-state index in [1.165, 1.54) is 5.56 Å². The molecule has 1 saturated carbocycles. The predicted molar refractivity (Wildman–Crippen MR) is 83.0 cm³/mol. The van der Waals surface area contributed by atoms with Crippen molar-refractivity contribution >= 4 is 5.91 Å². The highest BCUT2D eigenvalue weighted by molar-refractivity contribution is 5.92. The van der Waals surface area contributed by atoms with Crippen molar-refractivity contribution in [3.05, 3.63) is 35.9 Å². The van der Waals surface area contributed by atoms with Crippen LogP contribution in [0.1, 0.15) is 32.3 Å². The predicted octanol–water partition coefficient (Wildman–Crippen LogP) is 2.17. The molecular formula is C18H24N2O. The van der Waals surface area contributed by atoms with Crippen LogP contribution in [0, 0.1) is 11.8 Å². The molecule has 2 unspecified atom stereocenters. The maximum atomic E-state index is 13.3. The Hall–Kier alpha value is -1.35. The molecule has 2 aliphatic heterocycles. The van der Waals surface area contributed by atoms with Crippen LogP contribution in [0.15, 0.2) is 30.3 Å². The standard InChI is InChI=1S/C18H24N2O/c1-17(2)15-11-19-10-13(15)12-20(17)16(21)18(8-9-18)14-6-4-3-5-7-14/h3-7,13,15,19H,8-12H2,1-2H3. The van der Waals surface area contributed by atoms with Gasteiger partial charge in [-0.3, -0.25) is 4.79 Å². The third-order valence-electron chi connectivity index (χ3n) is 6.09. The molecule has 21 heavy (non-hydrogen) atoms. The molecule has 3 aliphatic rings. The topological polar surface area (TPSA) is 32.3 Å². The molecule has 1 N–H and O–H groups in total. The maximum absolute atomic E-state index is 13.3. The van der Waals surface area contributed by atoms with E-state index in [0.29, 0.717) is 17.7 Å². The molecule has 3 fully saturated rings. The molecule has 1 aromatic carbocycles. The summed E-state index contributed by atoms with van der Waals surface area (Å²) in [6, 6.07) is 10.4. The average molecular weight is 284 g/mol. The number of benzene rings is 1. The van der Waals surface area contributed by atoms with E-state index >= 15 is 0 Å². The summed E-state index contributed by atoms with van der Waals surface area (Å²) in [5.41, 5.74) is 0.973. The summed E-state index contributed by atoms with van der Waals surface area (Å²) in [5.74, 6) is 1.61. The van der Waals surface area contributed by atoms with Gasteiger partial charge < -0.3 is 10.2 Å². The quantitative estimate of drug-likeness (QED) is 0.903. The number of likely N-dealkylation sites (tertiary alicyclic amines) is 1. The van der Waals surface area contributed by atoms with Gasteiger partial charge >= 0.3 is 0 Å². The number of amides is 1. The van der Waals surface area contributed by atoms with E-state index in [4.69, 9.17) is 0 Å². The van der Waals surface area contributed by atoms with E-state index in [2.05, 4.69) is 48.3 Å². The van der Waals surface area contributed by atoms with Gasteiger partial charge in [0, 0.05) is 25.2 Å². The van der Waals surface area contributed by atoms with Crippen LogP contribution in [-0.4, -0.2) is 36.0 Å². The number of hydrogen-bond donors (Lipinski definition) is 1. The van der Waals surface area contributed by atoms with E-state index in [9.17, 15) is 4.79 Å². The van der Waals surface area contributed by atoms with Crippen LogP contribution >= 0.6 is 0 Å². The van der Waals surface area contributed by atoms with Gasteiger partial charge in [-0.25, -0.2) is 0 Å². The van der Waals surface area contributed by atoms with Gasteiger partial charge in [-0.1, -0.05) is 30.3 Å². The van der Waals surface area contributed by atoms with Crippen molar-refractivity contribution in [2.24, 2.45) is 11.8 Å². The van der Waals surface area contributed by atoms with E-state index in [-0.39, 0.29) is 11.0 Å². The summed E-state index contributed by atoms with van der Waals surface area (Å²) in [5, 5.41) is 3.49. The fourth-order valence-electron chi connectivity index (χ4n) is 4.53. The first-order valence-electron chi connectivity index (χ1n) is 8.14. The zero-order valence-corrected chi connectivity index (χ0v) is 12.9. The Balaban J connectivity index is 1.64. The fraction of sp³-hybridized carbons (Fsp3) is 0.611. The first kappa shape index (κ1) is 13.3. The molecular weight excluding hydrogens is 260 g/mol. The lowest BCUT2D eigenvalue weighted by atomic mass is 9.84. The largest absolute Gasteiger partial charge is 0.336 e. The minimum absolute atomic E-state index is 0.0182. The molecule has 2 heterocycles.